The number of carboxylic acids is 1. The van der Waals surface area contributed by atoms with Gasteiger partial charge < -0.3 is 15.1 Å². The van der Waals surface area contributed by atoms with Crippen molar-refractivity contribution in [1.82, 2.24) is 4.73 Å². The fourth-order valence-electron chi connectivity index (χ4n) is 2.45. The molecule has 134 valence electrons. The molecule has 0 aliphatic heterocycles. The summed E-state index contributed by atoms with van der Waals surface area (Å²) >= 11 is 0. The van der Waals surface area contributed by atoms with Crippen molar-refractivity contribution in [1.29, 1.82) is 0 Å². The number of nitrogens with zero attached hydrogens (tertiary/aromatic N) is 1. The van der Waals surface area contributed by atoms with Crippen LogP contribution in [-0.4, -0.2) is 32.6 Å². The molecular weight excluding hydrogens is 335 g/mol. The van der Waals surface area contributed by atoms with Crippen LogP contribution in [0.4, 0.5) is 14.9 Å². The quantitative estimate of drug-likeness (QED) is 0.781. The van der Waals surface area contributed by atoms with Gasteiger partial charge in [-0.2, -0.15) is 0 Å². The average Bonchev–Trinajstić information content (AvgIpc) is 2.44. The van der Waals surface area contributed by atoms with E-state index in [0.717, 1.165) is 16.9 Å². The fourth-order valence-corrected chi connectivity index (χ4v) is 2.45. The Labute approximate surface area is 141 Å². The summed E-state index contributed by atoms with van der Waals surface area (Å²) in [6, 6.07) is 1.95. The number of fused-ring (bicyclic) bond motifs is 1. The summed E-state index contributed by atoms with van der Waals surface area (Å²) in [6.07, 6.45) is -1.47. The minimum Gasteiger partial charge on any atom is -0.478 e. The van der Waals surface area contributed by atoms with Gasteiger partial charge in [-0.25, -0.2) is 14.0 Å². The van der Waals surface area contributed by atoms with E-state index in [1.165, 1.54) is 6.92 Å². The molecule has 8 nitrogen and oxygen atoms in total. The van der Waals surface area contributed by atoms with Crippen molar-refractivity contribution in [3.8, 4) is 0 Å². The van der Waals surface area contributed by atoms with Crippen LogP contribution in [0.15, 0.2) is 16.9 Å². The van der Waals surface area contributed by atoms with Crippen LogP contribution in [0.3, 0.4) is 0 Å². The first-order chi connectivity index (χ1) is 11.4. The zero-order valence-electron chi connectivity index (χ0n) is 14.0. The second kappa shape index (κ2) is 6.08. The van der Waals surface area contributed by atoms with Gasteiger partial charge in [-0.15, -0.1) is 4.73 Å². The van der Waals surface area contributed by atoms with Crippen molar-refractivity contribution >= 4 is 28.5 Å². The van der Waals surface area contributed by atoms with E-state index in [2.05, 4.69) is 0 Å². The number of hydrogen-bond acceptors (Lipinski definition) is 4. The summed E-state index contributed by atoms with van der Waals surface area (Å²) in [4.78, 5) is 40.9. The Morgan fingerprint density at radius 1 is 1.20 bits per heavy atom. The molecule has 1 heterocycles. The first-order valence-corrected chi connectivity index (χ1v) is 7.24. The molecule has 1 aromatic carbocycles. The number of hydrogen-bond donors (Lipinski definition) is 3. The van der Waals surface area contributed by atoms with E-state index in [1.54, 1.807) is 20.8 Å². The van der Waals surface area contributed by atoms with E-state index in [9.17, 15) is 23.9 Å². The fraction of sp³-hybridized carbons (Fsp3) is 0.312. The van der Waals surface area contributed by atoms with Gasteiger partial charge in [0.25, 0.3) is 5.56 Å². The molecule has 3 N–H and O–H groups in total. The molecule has 25 heavy (non-hydrogen) atoms. The molecule has 0 fully saturated rings. The van der Waals surface area contributed by atoms with Gasteiger partial charge in [0, 0.05) is 5.39 Å². The lowest BCUT2D eigenvalue weighted by molar-refractivity contribution is -0.0231. The molecule has 0 radical (unpaired) electrons. The van der Waals surface area contributed by atoms with Gasteiger partial charge in [0.15, 0.2) is 0 Å². The molecule has 2 rings (SSSR count). The highest BCUT2D eigenvalue weighted by atomic mass is 19.1. The standard InChI is InChI=1S/C16H17FN2O6/c1-7-10(14(21)22)12-9(18-15(23)24)6-5-8(17)11(12)13(20)19(7)25-16(2,3)4/h5-6,18H,1-4H3,(H,21,22)(H,23,24). The molecule has 1 aromatic heterocycles. The van der Waals surface area contributed by atoms with Gasteiger partial charge in [0.2, 0.25) is 0 Å². The number of carboxylic acid groups (broad SMARTS) is 2. The summed E-state index contributed by atoms with van der Waals surface area (Å²) < 4.78 is 15.0. The highest BCUT2D eigenvalue weighted by molar-refractivity contribution is 6.11. The maximum absolute atomic E-state index is 14.3. The second-order valence-electron chi connectivity index (χ2n) is 6.34. The Bertz CT molecular complexity index is 943. The van der Waals surface area contributed by atoms with Crippen LogP contribution >= 0.6 is 0 Å². The maximum atomic E-state index is 14.3. The number of halogens is 1. The normalized spacial score (nSPS) is 11.4. The van der Waals surface area contributed by atoms with Crippen molar-refractivity contribution in [3.63, 3.8) is 0 Å². The summed E-state index contributed by atoms with van der Waals surface area (Å²) in [5.74, 6) is -2.43. The molecule has 0 unspecified atom stereocenters. The van der Waals surface area contributed by atoms with Crippen LogP contribution in [0, 0.1) is 12.7 Å². The molecule has 0 aliphatic carbocycles. The van der Waals surface area contributed by atoms with Crippen molar-refractivity contribution in [2.24, 2.45) is 0 Å². The number of nitrogens with one attached hydrogen (secondary N) is 1. The lowest BCUT2D eigenvalue weighted by Crippen LogP contribution is -2.40. The molecule has 9 heteroatoms. The number of aromatic carboxylic acids is 1. The van der Waals surface area contributed by atoms with Crippen molar-refractivity contribution in [2.75, 3.05) is 5.32 Å². The van der Waals surface area contributed by atoms with Crippen LogP contribution in [0.25, 0.3) is 10.8 Å². The second-order valence-corrected chi connectivity index (χ2v) is 6.34. The summed E-state index contributed by atoms with van der Waals surface area (Å²) in [5, 5.41) is 19.6. The SMILES string of the molecule is Cc1c(C(=O)O)c2c(NC(=O)O)ccc(F)c2c(=O)n1OC(C)(C)C. The molecule has 0 saturated heterocycles. The molecule has 0 atom stereocenters. The lowest BCUT2D eigenvalue weighted by atomic mass is 10.0. The van der Waals surface area contributed by atoms with Gasteiger partial charge in [-0.3, -0.25) is 10.1 Å². The third kappa shape index (κ3) is 3.39. The van der Waals surface area contributed by atoms with E-state index >= 15 is 0 Å². The first kappa shape index (κ1) is 18.2. The highest BCUT2D eigenvalue weighted by Gasteiger charge is 2.26. The molecule has 0 bridgehead atoms. The predicted octanol–water partition coefficient (Wildman–Crippen LogP) is 2.46. The smallest absolute Gasteiger partial charge is 0.409 e. The number of rotatable bonds is 3. The van der Waals surface area contributed by atoms with E-state index in [-0.39, 0.29) is 16.8 Å². The zero-order chi connectivity index (χ0) is 19.1. The molecule has 1 amide bonds. The monoisotopic (exact) mass is 352 g/mol. The Morgan fingerprint density at radius 3 is 2.28 bits per heavy atom. The summed E-state index contributed by atoms with van der Waals surface area (Å²) in [7, 11) is 0. The molecule has 0 aliphatic rings. The van der Waals surface area contributed by atoms with E-state index < -0.39 is 40.0 Å². The summed E-state index contributed by atoms with van der Waals surface area (Å²) in [6.45, 7) is 6.25. The third-order valence-electron chi connectivity index (χ3n) is 3.29. The number of amides is 1. The van der Waals surface area contributed by atoms with Gasteiger partial charge in [-0.05, 0) is 39.8 Å². The maximum Gasteiger partial charge on any atom is 0.409 e. The lowest BCUT2D eigenvalue weighted by Gasteiger charge is -2.25. The number of anilines is 1. The Balaban J connectivity index is 3.04. The van der Waals surface area contributed by atoms with Crippen molar-refractivity contribution < 1.29 is 29.0 Å². The van der Waals surface area contributed by atoms with E-state index in [1.807, 2.05) is 5.32 Å². The van der Waals surface area contributed by atoms with Crippen molar-refractivity contribution in [2.45, 2.75) is 33.3 Å². The van der Waals surface area contributed by atoms with Crippen LogP contribution in [0.1, 0.15) is 36.8 Å². The molecule has 0 spiro atoms. The minimum absolute atomic E-state index is 0.0843. The van der Waals surface area contributed by atoms with Gasteiger partial charge in [0.05, 0.1) is 22.3 Å². The zero-order valence-corrected chi connectivity index (χ0v) is 14.0. The topological polar surface area (TPSA) is 118 Å². The Hall–Kier alpha value is -3.10. The largest absolute Gasteiger partial charge is 0.478 e. The number of carbonyl (C=O) groups is 2. The number of benzene rings is 1. The minimum atomic E-state index is -1.47. The molecule has 0 saturated carbocycles. The van der Waals surface area contributed by atoms with E-state index in [0.29, 0.717) is 0 Å². The first-order valence-electron chi connectivity index (χ1n) is 7.24. The van der Waals surface area contributed by atoms with E-state index in [4.69, 9.17) is 9.94 Å². The summed E-state index contributed by atoms with van der Waals surface area (Å²) in [5.41, 5.74) is -2.49. The number of aromatic nitrogens is 1. The highest BCUT2D eigenvalue weighted by Crippen LogP contribution is 2.29. The molecular formula is C16H17FN2O6. The van der Waals surface area contributed by atoms with Gasteiger partial charge >= 0.3 is 12.1 Å². The van der Waals surface area contributed by atoms with Crippen LogP contribution in [-0.2, 0) is 0 Å². The van der Waals surface area contributed by atoms with Crippen LogP contribution < -0.4 is 15.7 Å². The predicted molar refractivity (Wildman–Crippen MR) is 87.8 cm³/mol. The Kier molecular flexibility index (Phi) is 4.44. The number of pyridine rings is 1. The van der Waals surface area contributed by atoms with Gasteiger partial charge in [-0.1, -0.05) is 0 Å². The van der Waals surface area contributed by atoms with Gasteiger partial charge in [0.1, 0.15) is 11.4 Å². The van der Waals surface area contributed by atoms with Crippen LogP contribution in [0.5, 0.6) is 0 Å². The van der Waals surface area contributed by atoms with Crippen LogP contribution in [0.2, 0.25) is 0 Å². The average molecular weight is 352 g/mol. The third-order valence-corrected chi connectivity index (χ3v) is 3.29. The Morgan fingerprint density at radius 2 is 1.80 bits per heavy atom. The van der Waals surface area contributed by atoms with Crippen molar-refractivity contribution in [3.05, 3.63) is 39.6 Å². The molecule has 2 aromatic rings.